The van der Waals surface area contributed by atoms with Crippen LogP contribution in [0.4, 0.5) is 0 Å². The molecule has 0 atom stereocenters. The van der Waals surface area contributed by atoms with E-state index in [1.54, 1.807) is 0 Å². The Bertz CT molecular complexity index is 682. The fourth-order valence-corrected chi connectivity index (χ4v) is 2.35. The molecule has 0 bridgehead atoms. The van der Waals surface area contributed by atoms with Crippen molar-refractivity contribution in [3.63, 3.8) is 0 Å². The first-order valence-corrected chi connectivity index (χ1v) is 6.92. The highest BCUT2D eigenvalue weighted by Crippen LogP contribution is 2.11. The fraction of sp³-hybridized carbons (Fsp3) is 0.333. The highest BCUT2D eigenvalue weighted by Gasteiger charge is 2.01. The van der Waals surface area contributed by atoms with Crippen molar-refractivity contribution in [2.75, 3.05) is 6.54 Å². The molecule has 0 spiro atoms. The fourth-order valence-electron chi connectivity index (χ4n) is 2.35. The summed E-state index contributed by atoms with van der Waals surface area (Å²) < 4.78 is 4.11. The third-order valence-electron chi connectivity index (χ3n) is 3.51. The Kier molecular flexibility index (Phi) is 3.78. The van der Waals surface area contributed by atoms with Crippen molar-refractivity contribution < 1.29 is 0 Å². The second-order valence-electron chi connectivity index (χ2n) is 4.90. The van der Waals surface area contributed by atoms with E-state index in [4.69, 9.17) is 0 Å². The van der Waals surface area contributed by atoms with Crippen molar-refractivity contribution in [2.45, 2.75) is 19.5 Å². The minimum Gasteiger partial charge on any atom is -0.331 e. The summed E-state index contributed by atoms with van der Waals surface area (Å²) in [6.07, 6.45) is 4.83. The molecule has 2 heterocycles. The Labute approximate surface area is 118 Å². The van der Waals surface area contributed by atoms with Crippen LogP contribution in [0.1, 0.15) is 12.1 Å². The Hall–Kier alpha value is -2.14. The van der Waals surface area contributed by atoms with E-state index in [2.05, 4.69) is 32.1 Å². The lowest BCUT2D eigenvalue weighted by molar-refractivity contribution is 0.570. The lowest BCUT2D eigenvalue weighted by atomic mass is 10.3. The van der Waals surface area contributed by atoms with Crippen LogP contribution in [0.3, 0.4) is 0 Å². The average molecular weight is 269 g/mol. The lowest BCUT2D eigenvalue weighted by Crippen LogP contribution is -2.18. The number of nitrogens with one attached hydrogen (secondary N) is 1. The zero-order valence-corrected chi connectivity index (χ0v) is 11.7. The maximum atomic E-state index is 4.40. The second kappa shape index (κ2) is 5.88. The highest BCUT2D eigenvalue weighted by molar-refractivity contribution is 5.74. The van der Waals surface area contributed by atoms with Crippen molar-refractivity contribution in [3.8, 4) is 0 Å². The molecule has 0 saturated heterocycles. The van der Waals surface area contributed by atoms with Crippen molar-refractivity contribution in [1.29, 1.82) is 0 Å². The summed E-state index contributed by atoms with van der Waals surface area (Å²) in [5.41, 5.74) is 3.48. The van der Waals surface area contributed by atoms with Crippen LogP contribution in [0.2, 0.25) is 0 Å². The van der Waals surface area contributed by atoms with Gasteiger partial charge in [0.15, 0.2) is 0 Å². The van der Waals surface area contributed by atoms with Gasteiger partial charge in [0.05, 0.1) is 23.1 Å². The van der Waals surface area contributed by atoms with Gasteiger partial charge in [-0.15, -0.1) is 0 Å². The molecule has 3 aromatic rings. The summed E-state index contributed by atoms with van der Waals surface area (Å²) in [6.45, 7) is 2.83. The Balaban J connectivity index is 1.47. The zero-order chi connectivity index (χ0) is 13.8. The summed E-state index contributed by atoms with van der Waals surface area (Å²) in [6, 6.07) is 10.3. The van der Waals surface area contributed by atoms with Crippen LogP contribution in [0.25, 0.3) is 11.0 Å². The van der Waals surface area contributed by atoms with Crippen molar-refractivity contribution in [1.82, 2.24) is 24.6 Å². The van der Waals surface area contributed by atoms with Crippen molar-refractivity contribution >= 4 is 11.0 Å². The molecular weight excluding hydrogens is 250 g/mol. The number of hydrogen-bond acceptors (Lipinski definition) is 3. The largest absolute Gasteiger partial charge is 0.331 e. The van der Waals surface area contributed by atoms with Gasteiger partial charge in [0.25, 0.3) is 0 Å². The standard InChI is InChI=1S/C15H19N5/c1-19-13(7-9-18-19)11-16-8-4-10-20-12-17-14-5-2-3-6-15(14)20/h2-3,5-7,9,12,16H,4,8,10-11H2,1H3. The number of nitrogens with zero attached hydrogens (tertiary/aromatic N) is 4. The van der Waals surface area contributed by atoms with E-state index in [-0.39, 0.29) is 0 Å². The molecule has 1 N–H and O–H groups in total. The average Bonchev–Trinajstić information content (AvgIpc) is 3.06. The number of hydrogen-bond donors (Lipinski definition) is 1. The van der Waals surface area contributed by atoms with E-state index < -0.39 is 0 Å². The topological polar surface area (TPSA) is 47.7 Å². The number of aryl methyl sites for hydroxylation is 2. The molecule has 2 aromatic heterocycles. The van der Waals surface area contributed by atoms with Crippen LogP contribution in [-0.4, -0.2) is 25.9 Å². The van der Waals surface area contributed by atoms with Gasteiger partial charge in [0, 0.05) is 26.3 Å². The normalized spacial score (nSPS) is 11.2. The van der Waals surface area contributed by atoms with Gasteiger partial charge in [0.2, 0.25) is 0 Å². The van der Waals surface area contributed by atoms with Crippen LogP contribution in [-0.2, 0) is 20.1 Å². The molecule has 0 saturated carbocycles. The molecule has 0 aliphatic rings. The third kappa shape index (κ3) is 2.72. The van der Waals surface area contributed by atoms with Gasteiger partial charge in [-0.2, -0.15) is 5.10 Å². The maximum absolute atomic E-state index is 4.40. The van der Waals surface area contributed by atoms with Crippen LogP contribution in [0.5, 0.6) is 0 Å². The molecule has 5 nitrogen and oxygen atoms in total. The number of imidazole rings is 1. The maximum Gasteiger partial charge on any atom is 0.0958 e. The molecule has 0 radical (unpaired) electrons. The van der Waals surface area contributed by atoms with E-state index in [1.807, 2.05) is 42.5 Å². The Morgan fingerprint density at radius 1 is 1.20 bits per heavy atom. The predicted molar refractivity (Wildman–Crippen MR) is 79.3 cm³/mol. The van der Waals surface area contributed by atoms with Gasteiger partial charge in [0.1, 0.15) is 0 Å². The Morgan fingerprint density at radius 2 is 2.10 bits per heavy atom. The molecule has 0 aliphatic carbocycles. The first kappa shape index (κ1) is 12.9. The lowest BCUT2D eigenvalue weighted by Gasteiger charge is -2.06. The first-order chi connectivity index (χ1) is 9.84. The van der Waals surface area contributed by atoms with Gasteiger partial charge >= 0.3 is 0 Å². The Morgan fingerprint density at radius 3 is 2.95 bits per heavy atom. The molecule has 0 amide bonds. The number of aromatic nitrogens is 4. The van der Waals surface area contributed by atoms with Crippen molar-refractivity contribution in [3.05, 3.63) is 48.5 Å². The summed E-state index contributed by atoms with van der Waals surface area (Å²) >= 11 is 0. The van der Waals surface area contributed by atoms with Crippen LogP contribution >= 0.6 is 0 Å². The second-order valence-corrected chi connectivity index (χ2v) is 4.90. The summed E-state index contributed by atoms with van der Waals surface area (Å²) in [5.74, 6) is 0. The van der Waals surface area contributed by atoms with Gasteiger partial charge in [-0.1, -0.05) is 12.1 Å². The SMILES string of the molecule is Cn1nccc1CNCCCn1cnc2ccccc21. The summed E-state index contributed by atoms with van der Waals surface area (Å²) in [4.78, 5) is 4.40. The van der Waals surface area contributed by atoms with Gasteiger partial charge in [-0.05, 0) is 31.2 Å². The molecule has 104 valence electrons. The van der Waals surface area contributed by atoms with Crippen molar-refractivity contribution in [2.24, 2.45) is 7.05 Å². The highest BCUT2D eigenvalue weighted by atomic mass is 15.3. The van der Waals surface area contributed by atoms with E-state index in [1.165, 1.54) is 11.2 Å². The number of para-hydroxylation sites is 2. The van der Waals surface area contributed by atoms with Gasteiger partial charge in [-0.25, -0.2) is 4.98 Å². The quantitative estimate of drug-likeness (QED) is 0.696. The molecule has 0 unspecified atom stereocenters. The van der Waals surface area contributed by atoms with E-state index in [9.17, 15) is 0 Å². The molecule has 3 rings (SSSR count). The van der Waals surface area contributed by atoms with Crippen LogP contribution in [0, 0.1) is 0 Å². The van der Waals surface area contributed by atoms with Crippen LogP contribution < -0.4 is 5.32 Å². The first-order valence-electron chi connectivity index (χ1n) is 6.92. The minimum atomic E-state index is 0.862. The minimum absolute atomic E-state index is 0.862. The number of fused-ring (bicyclic) bond motifs is 1. The predicted octanol–water partition coefficient (Wildman–Crippen LogP) is 1.95. The molecular formula is C15H19N5. The van der Waals surface area contributed by atoms with Crippen LogP contribution in [0.15, 0.2) is 42.9 Å². The number of benzene rings is 1. The smallest absolute Gasteiger partial charge is 0.0958 e. The molecule has 1 aromatic carbocycles. The molecule has 0 aliphatic heterocycles. The summed E-state index contributed by atoms with van der Waals surface area (Å²) in [5, 5.41) is 7.60. The number of rotatable bonds is 6. The van der Waals surface area contributed by atoms with E-state index in [0.717, 1.165) is 31.6 Å². The zero-order valence-electron chi connectivity index (χ0n) is 11.7. The molecule has 0 fully saturated rings. The third-order valence-corrected chi connectivity index (χ3v) is 3.51. The van der Waals surface area contributed by atoms with Gasteiger partial charge in [-0.3, -0.25) is 4.68 Å². The van der Waals surface area contributed by atoms with Gasteiger partial charge < -0.3 is 9.88 Å². The monoisotopic (exact) mass is 269 g/mol. The van der Waals surface area contributed by atoms with E-state index >= 15 is 0 Å². The molecule has 5 heteroatoms. The molecule has 20 heavy (non-hydrogen) atoms. The van der Waals surface area contributed by atoms with E-state index in [0.29, 0.717) is 0 Å². The summed E-state index contributed by atoms with van der Waals surface area (Å²) in [7, 11) is 1.97.